The number of urea groups is 1. The van der Waals surface area contributed by atoms with Gasteiger partial charge in [0.05, 0.1) is 0 Å². The van der Waals surface area contributed by atoms with E-state index in [1.807, 2.05) is 6.92 Å². The lowest BCUT2D eigenvalue weighted by Gasteiger charge is -2.45. The van der Waals surface area contributed by atoms with Crippen LogP contribution in [-0.4, -0.2) is 86.3 Å². The molecule has 184 valence electrons. The number of ether oxygens (including phenoxy) is 1. The van der Waals surface area contributed by atoms with E-state index < -0.39 is 0 Å². The minimum atomic E-state index is -0.281. The highest BCUT2D eigenvalue weighted by molar-refractivity contribution is 5.95. The molecule has 1 spiro atoms. The van der Waals surface area contributed by atoms with Crippen LogP contribution in [-0.2, 0) is 10.2 Å². The van der Waals surface area contributed by atoms with Gasteiger partial charge >= 0.3 is 12.1 Å². The summed E-state index contributed by atoms with van der Waals surface area (Å²) in [6.45, 7) is 5.89. The van der Waals surface area contributed by atoms with Crippen molar-refractivity contribution in [3.8, 4) is 11.8 Å². The molecule has 34 heavy (non-hydrogen) atoms. The first kappa shape index (κ1) is 24.3. The van der Waals surface area contributed by atoms with Crippen LogP contribution >= 0.6 is 0 Å². The van der Waals surface area contributed by atoms with E-state index in [-0.39, 0.29) is 30.0 Å². The molecule has 1 aromatic rings. The van der Waals surface area contributed by atoms with Gasteiger partial charge in [-0.15, -0.1) is 5.92 Å². The van der Waals surface area contributed by atoms with Crippen molar-refractivity contribution in [2.75, 3.05) is 58.3 Å². The maximum absolute atomic E-state index is 14.2. The highest BCUT2D eigenvalue weighted by atomic mass is 19.1. The summed E-state index contributed by atoms with van der Waals surface area (Å²) in [6, 6.07) is 5.18. The normalized spacial score (nSPS) is 20.0. The van der Waals surface area contributed by atoms with Crippen molar-refractivity contribution in [2.45, 2.75) is 50.5 Å². The van der Waals surface area contributed by atoms with E-state index in [1.165, 1.54) is 6.07 Å². The monoisotopic (exact) mass is 470 g/mol. The zero-order valence-corrected chi connectivity index (χ0v) is 20.5. The maximum Gasteiger partial charge on any atom is 0.410 e. The van der Waals surface area contributed by atoms with Crippen LogP contribution in [0.25, 0.3) is 0 Å². The first-order valence-corrected chi connectivity index (χ1v) is 12.2. The van der Waals surface area contributed by atoms with Crippen LogP contribution in [0.15, 0.2) is 18.2 Å². The number of likely N-dealkylation sites (tertiary alicyclic amines) is 2. The number of fused-ring (bicyclic) bond motifs is 2. The van der Waals surface area contributed by atoms with Gasteiger partial charge in [-0.05, 0) is 62.5 Å². The standard InChI is InChI=1S/C26H35FN4O3/c1-4-5-6-17-34-25(33)30-13-9-21(10-14-30)29-15-11-26(12-16-29)19-31(24(32)28(2)3)23-8-7-20(27)18-22(23)26/h7-8,18,21H,4,9-17,19H2,1-3H3. The molecule has 4 rings (SSSR count). The minimum Gasteiger partial charge on any atom is -0.436 e. The third-order valence-electron chi connectivity index (χ3n) is 7.46. The number of carbonyl (C=O) groups is 2. The van der Waals surface area contributed by atoms with Crippen LogP contribution in [0, 0.1) is 17.7 Å². The Kier molecular flexibility index (Phi) is 7.32. The van der Waals surface area contributed by atoms with Crippen molar-refractivity contribution >= 4 is 17.8 Å². The number of hydrogen-bond donors (Lipinski definition) is 0. The van der Waals surface area contributed by atoms with Crippen molar-refractivity contribution in [1.82, 2.24) is 14.7 Å². The third kappa shape index (κ3) is 4.85. The SMILES string of the molecule is CCC#CCOC(=O)N1CCC(N2CCC3(CC2)CN(C(=O)N(C)C)c2ccc(F)cc23)CC1. The lowest BCUT2D eigenvalue weighted by molar-refractivity contribution is 0.0602. The average Bonchev–Trinajstić information content (AvgIpc) is 3.14. The Balaban J connectivity index is 1.35. The van der Waals surface area contributed by atoms with Crippen molar-refractivity contribution in [2.24, 2.45) is 0 Å². The number of nitrogens with zero attached hydrogens (tertiary/aromatic N) is 4. The molecule has 0 atom stereocenters. The quantitative estimate of drug-likeness (QED) is 0.619. The topological polar surface area (TPSA) is 56.3 Å². The van der Waals surface area contributed by atoms with Gasteiger partial charge in [0, 0.05) is 57.3 Å². The predicted octanol–water partition coefficient (Wildman–Crippen LogP) is 3.68. The molecule has 0 radical (unpaired) electrons. The first-order chi connectivity index (χ1) is 16.3. The Morgan fingerprint density at radius 1 is 1.15 bits per heavy atom. The molecule has 7 nitrogen and oxygen atoms in total. The summed E-state index contributed by atoms with van der Waals surface area (Å²) in [4.78, 5) is 32.7. The molecule has 3 aliphatic heterocycles. The Morgan fingerprint density at radius 3 is 2.50 bits per heavy atom. The van der Waals surface area contributed by atoms with E-state index in [9.17, 15) is 14.0 Å². The summed E-state index contributed by atoms with van der Waals surface area (Å²) in [5.41, 5.74) is 1.60. The van der Waals surface area contributed by atoms with Gasteiger partial charge in [0.25, 0.3) is 0 Å². The summed E-state index contributed by atoms with van der Waals surface area (Å²) < 4.78 is 19.4. The van der Waals surface area contributed by atoms with E-state index >= 15 is 0 Å². The van der Waals surface area contributed by atoms with Crippen LogP contribution in [0.5, 0.6) is 0 Å². The number of benzene rings is 1. The molecular formula is C26H35FN4O3. The van der Waals surface area contributed by atoms with Crippen LogP contribution in [0.2, 0.25) is 0 Å². The van der Waals surface area contributed by atoms with Crippen LogP contribution in [0.3, 0.4) is 0 Å². The molecule has 1 aromatic carbocycles. The first-order valence-electron chi connectivity index (χ1n) is 12.2. The fourth-order valence-corrected chi connectivity index (χ4v) is 5.58. The molecule has 0 aliphatic carbocycles. The molecule has 8 heteroatoms. The average molecular weight is 471 g/mol. The van der Waals surface area contributed by atoms with Gasteiger partial charge in [0.15, 0.2) is 6.61 Å². The summed E-state index contributed by atoms with van der Waals surface area (Å²) in [6.07, 6.45) is 4.08. The molecule has 0 aromatic heterocycles. The summed E-state index contributed by atoms with van der Waals surface area (Å²) in [7, 11) is 3.50. The van der Waals surface area contributed by atoms with Crippen molar-refractivity contribution in [3.05, 3.63) is 29.6 Å². The number of rotatable bonds is 2. The van der Waals surface area contributed by atoms with Crippen LogP contribution in [0.1, 0.15) is 44.6 Å². The summed E-state index contributed by atoms with van der Waals surface area (Å²) >= 11 is 0. The fraction of sp³-hybridized carbons (Fsp3) is 0.615. The van der Waals surface area contributed by atoms with Gasteiger partial charge < -0.3 is 19.4 Å². The largest absolute Gasteiger partial charge is 0.436 e. The van der Waals surface area contributed by atoms with E-state index in [2.05, 4.69) is 16.7 Å². The summed E-state index contributed by atoms with van der Waals surface area (Å²) in [5.74, 6) is 5.49. The van der Waals surface area contributed by atoms with Gasteiger partial charge in [-0.2, -0.15) is 0 Å². The highest BCUT2D eigenvalue weighted by Crippen LogP contribution is 2.48. The molecule has 3 amide bonds. The van der Waals surface area contributed by atoms with E-state index in [4.69, 9.17) is 4.74 Å². The van der Waals surface area contributed by atoms with E-state index in [0.29, 0.717) is 25.7 Å². The molecule has 0 unspecified atom stereocenters. The van der Waals surface area contributed by atoms with Crippen LogP contribution in [0.4, 0.5) is 19.7 Å². The molecule has 0 bridgehead atoms. The van der Waals surface area contributed by atoms with Gasteiger partial charge in [0.1, 0.15) is 5.82 Å². The van der Waals surface area contributed by atoms with Crippen molar-refractivity contribution in [3.63, 3.8) is 0 Å². The Labute approximate surface area is 201 Å². The molecule has 3 aliphatic rings. The second kappa shape index (κ2) is 10.2. The Bertz CT molecular complexity index is 970. The maximum atomic E-state index is 14.2. The Hall–Kier alpha value is -2.79. The molecule has 2 fully saturated rings. The summed E-state index contributed by atoms with van der Waals surface area (Å²) in [5, 5.41) is 0. The highest BCUT2D eigenvalue weighted by Gasteiger charge is 2.47. The molecule has 2 saturated heterocycles. The second-order valence-electron chi connectivity index (χ2n) is 9.72. The van der Waals surface area contributed by atoms with Gasteiger partial charge in [-0.3, -0.25) is 4.90 Å². The van der Waals surface area contributed by atoms with Crippen LogP contribution < -0.4 is 4.90 Å². The number of amides is 3. The zero-order valence-electron chi connectivity index (χ0n) is 20.5. The number of halogens is 1. The van der Waals surface area contributed by atoms with Gasteiger partial charge in [-0.1, -0.05) is 12.8 Å². The Morgan fingerprint density at radius 2 is 1.85 bits per heavy atom. The van der Waals surface area contributed by atoms with E-state index in [1.54, 1.807) is 40.9 Å². The number of hydrogen-bond acceptors (Lipinski definition) is 4. The third-order valence-corrected chi connectivity index (χ3v) is 7.46. The molecule has 0 saturated carbocycles. The van der Waals surface area contributed by atoms with Crippen molar-refractivity contribution in [1.29, 1.82) is 0 Å². The second-order valence-corrected chi connectivity index (χ2v) is 9.72. The zero-order chi connectivity index (χ0) is 24.3. The lowest BCUT2D eigenvalue weighted by Crippen LogP contribution is -2.52. The molecular weight excluding hydrogens is 435 g/mol. The fourth-order valence-electron chi connectivity index (χ4n) is 5.58. The predicted molar refractivity (Wildman–Crippen MR) is 129 cm³/mol. The number of carbonyl (C=O) groups excluding carboxylic acids is 2. The molecule has 3 heterocycles. The number of anilines is 1. The van der Waals surface area contributed by atoms with Gasteiger partial charge in [0.2, 0.25) is 0 Å². The number of piperidine rings is 2. The minimum absolute atomic E-state index is 0.0629. The smallest absolute Gasteiger partial charge is 0.410 e. The lowest BCUT2D eigenvalue weighted by atomic mass is 9.74. The molecule has 0 N–H and O–H groups in total. The van der Waals surface area contributed by atoms with E-state index in [0.717, 1.165) is 56.4 Å². The van der Waals surface area contributed by atoms with Gasteiger partial charge in [-0.25, -0.2) is 14.0 Å². The van der Waals surface area contributed by atoms with Crippen molar-refractivity contribution < 1.29 is 18.7 Å².